The van der Waals surface area contributed by atoms with Gasteiger partial charge in [0.2, 0.25) is 0 Å². The van der Waals surface area contributed by atoms with E-state index in [9.17, 15) is 72.2 Å². The molecule has 7 heterocycles. The maximum Gasteiger partial charge on any atom is 0.472 e. The van der Waals surface area contributed by atoms with Crippen molar-refractivity contribution in [3.8, 4) is 0 Å². The SMILES string of the molecule is Cc1cn([C@H]2C[C@H](OP(=O)(O)O)[C@@H](COP(=O)(O)O[C@H]3C[C@H](N4C(=O)N=C5C(=O)NC(N)=N[C@@]54O)O[C@@H]3COP(=O)(O)O[C@H]3C[C@H](n4cc(C)c(=O)[nH]c4=O)O[C@@H]3CO)O2)c(=O)[nH]c1=O. The van der Waals surface area contributed by atoms with Gasteiger partial charge >= 0.3 is 40.9 Å². The van der Waals surface area contributed by atoms with E-state index in [2.05, 4.69) is 15.0 Å². The second kappa shape index (κ2) is 18.0. The number of aryl methyl sites for hydroxylation is 2. The third-order valence-corrected chi connectivity index (χ3v) is 12.9. The Morgan fingerprint density at radius 1 is 0.754 bits per heavy atom. The molecule has 2 aromatic rings. The van der Waals surface area contributed by atoms with E-state index in [-0.39, 0.29) is 17.5 Å². The standard InChI is InChI=1S/C30H40N9O23P3/c1-11-6-37(27(44)34-23(11)41)19-3-13(16(8-40)57-19)61-64(51,52)56-10-18-15(5-21(59-18)39-29(46)32-22-25(43)33-26(31)36-30(22,39)47)62-65(53,54)55-9-17-14(60-63(48,49)50)4-20(58-17)38-7-12(2)24(42)35-28(38)45/h6-7,13-21,40,47H,3-5,8-10H2,1-2H3,(H,51,52)(H,53,54)(H,34,41,44)(H,35,42,45)(H2,48,49,50)(H3,31,33,36,43)/t13-,14-,15-,16+,17+,18+,19+,20+,21+,30-/m0/s1. The molecule has 0 saturated carbocycles. The molecular weight excluding hydrogens is 947 g/mol. The fourth-order valence-corrected chi connectivity index (χ4v) is 9.88. The summed E-state index contributed by atoms with van der Waals surface area (Å²) in [6.45, 7) is -0.165. The molecule has 0 aromatic carbocycles. The molecule has 5 aliphatic heterocycles. The second-order valence-corrected chi connectivity index (χ2v) is 18.9. The van der Waals surface area contributed by atoms with Crippen molar-refractivity contribution in [2.24, 2.45) is 15.7 Å². The highest BCUT2D eigenvalue weighted by molar-refractivity contribution is 7.47. The number of amides is 3. The van der Waals surface area contributed by atoms with Gasteiger partial charge in [0, 0.05) is 42.8 Å². The third-order valence-electron chi connectivity index (χ3n) is 10.3. The maximum atomic E-state index is 13.5. The minimum absolute atomic E-state index is 0.0483. The van der Waals surface area contributed by atoms with Crippen molar-refractivity contribution in [1.29, 1.82) is 0 Å². The summed E-state index contributed by atoms with van der Waals surface area (Å²) in [6.07, 6.45) is -13.2. The predicted molar refractivity (Wildman–Crippen MR) is 207 cm³/mol. The number of guanidine groups is 1. The van der Waals surface area contributed by atoms with Crippen LogP contribution >= 0.6 is 23.5 Å². The number of fused-ring (bicyclic) bond motifs is 1. The van der Waals surface area contributed by atoms with Gasteiger partial charge in [-0.05, 0) is 13.8 Å². The summed E-state index contributed by atoms with van der Waals surface area (Å²) in [7, 11) is -16.0. The molecule has 35 heteroatoms. The van der Waals surface area contributed by atoms with Crippen LogP contribution < -0.4 is 33.5 Å². The van der Waals surface area contributed by atoms with Gasteiger partial charge in [-0.2, -0.15) is 9.98 Å². The lowest BCUT2D eigenvalue weighted by atomic mass is 10.1. The molecule has 0 radical (unpaired) electrons. The molecule has 7 rings (SSSR count). The van der Waals surface area contributed by atoms with E-state index in [4.69, 9.17) is 42.6 Å². The van der Waals surface area contributed by atoms with Gasteiger partial charge in [0.05, 0.1) is 19.8 Å². The Morgan fingerprint density at radius 3 is 1.69 bits per heavy atom. The van der Waals surface area contributed by atoms with Crippen LogP contribution in [-0.4, -0.2) is 146 Å². The number of rotatable bonds is 16. The van der Waals surface area contributed by atoms with Gasteiger partial charge in [0.15, 0.2) is 11.7 Å². The molecule has 0 aliphatic carbocycles. The van der Waals surface area contributed by atoms with Crippen LogP contribution in [0.1, 0.15) is 42.8 Å². The number of phosphoric ester groups is 3. The number of aromatic amines is 2. The molecule has 11 N–H and O–H groups in total. The number of aliphatic hydroxyl groups excluding tert-OH is 1. The van der Waals surface area contributed by atoms with Gasteiger partial charge in [-0.3, -0.25) is 61.4 Å². The Bertz CT molecular complexity index is 2700. The van der Waals surface area contributed by atoms with Crippen LogP contribution in [0.15, 0.2) is 41.6 Å². The van der Waals surface area contributed by atoms with Crippen molar-refractivity contribution in [2.75, 3.05) is 19.8 Å². The van der Waals surface area contributed by atoms with Crippen molar-refractivity contribution in [2.45, 2.75) is 94.3 Å². The summed E-state index contributed by atoms with van der Waals surface area (Å²) in [5, 5.41) is 23.4. The molecule has 2 aromatic heterocycles. The van der Waals surface area contributed by atoms with E-state index in [0.717, 1.165) is 21.5 Å². The summed E-state index contributed by atoms with van der Waals surface area (Å²) in [5.41, 5.74) is 1.64. The monoisotopic (exact) mass is 987 g/mol. The van der Waals surface area contributed by atoms with Gasteiger partial charge in [0.1, 0.15) is 55.3 Å². The van der Waals surface area contributed by atoms with Crippen molar-refractivity contribution < 1.29 is 89.9 Å². The van der Waals surface area contributed by atoms with E-state index in [0.29, 0.717) is 4.90 Å². The fourth-order valence-electron chi connectivity index (χ4n) is 7.39. The lowest BCUT2D eigenvalue weighted by Gasteiger charge is -2.35. The largest absolute Gasteiger partial charge is 0.472 e. The van der Waals surface area contributed by atoms with Gasteiger partial charge in [-0.15, -0.1) is 0 Å². The van der Waals surface area contributed by atoms with E-state index < -0.39 is 163 Å². The number of aromatic nitrogens is 4. The summed E-state index contributed by atoms with van der Waals surface area (Å²) in [4.78, 5) is 127. The Kier molecular flexibility index (Phi) is 13.4. The molecule has 32 nitrogen and oxygen atoms in total. The fraction of sp³-hybridized carbons (Fsp3) is 0.600. The maximum absolute atomic E-state index is 13.5. The van der Waals surface area contributed by atoms with Gasteiger partial charge in [-0.25, -0.2) is 33.0 Å². The first-order valence-corrected chi connectivity index (χ1v) is 23.4. The number of nitrogens with one attached hydrogen (secondary N) is 3. The summed E-state index contributed by atoms with van der Waals surface area (Å²) < 4.78 is 83.3. The Morgan fingerprint density at radius 2 is 1.20 bits per heavy atom. The van der Waals surface area contributed by atoms with Gasteiger partial charge in [-0.1, -0.05) is 0 Å². The first-order valence-electron chi connectivity index (χ1n) is 18.8. The lowest BCUT2D eigenvalue weighted by molar-refractivity contribution is -0.131. The van der Waals surface area contributed by atoms with E-state index >= 15 is 0 Å². The smallest absolute Gasteiger partial charge is 0.394 e. The number of carbonyl (C=O) groups is 2. The molecule has 0 spiro atoms. The van der Waals surface area contributed by atoms with E-state index in [1.54, 1.807) is 0 Å². The van der Waals surface area contributed by atoms with Crippen LogP contribution in [0, 0.1) is 13.8 Å². The molecule has 5 aliphatic rings. The van der Waals surface area contributed by atoms with E-state index in [1.807, 2.05) is 10.3 Å². The van der Waals surface area contributed by atoms with Crippen molar-refractivity contribution in [3.63, 3.8) is 0 Å². The second-order valence-electron chi connectivity index (χ2n) is 14.9. The minimum Gasteiger partial charge on any atom is -0.394 e. The first kappa shape index (κ1) is 48.5. The number of hydrogen-bond acceptors (Lipinski definition) is 21. The Labute approximate surface area is 361 Å². The van der Waals surface area contributed by atoms with Crippen molar-refractivity contribution in [1.82, 2.24) is 29.3 Å². The molecule has 3 amide bonds. The molecule has 2 unspecified atom stereocenters. The number of H-pyrrole nitrogens is 2. The first-order chi connectivity index (χ1) is 30.3. The number of carbonyl (C=O) groups excluding carboxylic acids is 2. The van der Waals surface area contributed by atoms with Crippen LogP contribution in [-0.2, 0) is 55.3 Å². The highest BCUT2D eigenvalue weighted by atomic mass is 31.2. The zero-order valence-corrected chi connectivity index (χ0v) is 36.1. The predicted octanol–water partition coefficient (Wildman–Crippen LogP) is -4.16. The highest BCUT2D eigenvalue weighted by Gasteiger charge is 2.60. The lowest BCUT2D eigenvalue weighted by Crippen LogP contribution is -2.63. The Balaban J connectivity index is 1.08. The van der Waals surface area contributed by atoms with Crippen LogP contribution in [0.2, 0.25) is 0 Å². The van der Waals surface area contributed by atoms with Gasteiger partial charge < -0.3 is 49.7 Å². The van der Waals surface area contributed by atoms with Gasteiger partial charge in [0.25, 0.3) is 22.9 Å². The van der Waals surface area contributed by atoms with Crippen LogP contribution in [0.25, 0.3) is 0 Å². The zero-order chi connectivity index (χ0) is 47.6. The summed E-state index contributed by atoms with van der Waals surface area (Å²) in [5.74, 6) is -4.69. The normalized spacial score (nSPS) is 32.2. The zero-order valence-electron chi connectivity index (χ0n) is 33.4. The minimum atomic E-state index is -5.46. The molecule has 358 valence electrons. The molecule has 3 fully saturated rings. The average Bonchev–Trinajstić information content (AvgIpc) is 3.94. The number of phosphoric acid groups is 3. The molecule has 3 saturated heterocycles. The average molecular weight is 988 g/mol. The third kappa shape index (κ3) is 10.4. The van der Waals surface area contributed by atoms with Crippen molar-refractivity contribution >= 4 is 47.1 Å². The molecule has 12 atom stereocenters. The molecule has 65 heavy (non-hydrogen) atoms. The van der Waals surface area contributed by atoms with Crippen LogP contribution in [0.3, 0.4) is 0 Å². The summed E-state index contributed by atoms with van der Waals surface area (Å²) in [6, 6.07) is -1.33. The van der Waals surface area contributed by atoms with Crippen LogP contribution in [0.5, 0.6) is 0 Å². The number of aliphatic imine (C=N–C) groups is 2. The molecule has 0 bridgehead atoms. The number of urea groups is 1. The molecular formula is C30H40N9O23P3. The number of ether oxygens (including phenoxy) is 3. The topological polar surface area (TPSA) is 456 Å². The van der Waals surface area contributed by atoms with Crippen LogP contribution in [0.4, 0.5) is 4.79 Å². The number of aliphatic hydroxyl groups is 2. The number of nitrogens with two attached hydrogens (primary N) is 1. The highest BCUT2D eigenvalue weighted by Crippen LogP contribution is 2.52. The van der Waals surface area contributed by atoms with Crippen molar-refractivity contribution in [3.05, 3.63) is 65.2 Å². The number of hydrogen-bond donors (Lipinski definition) is 10. The number of nitrogens with zero attached hydrogens (tertiary/aromatic N) is 5. The van der Waals surface area contributed by atoms with E-state index in [1.165, 1.54) is 13.8 Å². The summed E-state index contributed by atoms with van der Waals surface area (Å²) >= 11 is 0. The quantitative estimate of drug-likeness (QED) is 0.0714. The Hall–Kier alpha value is -4.43.